The molecule has 1 saturated carbocycles. The Morgan fingerprint density at radius 2 is 1.18 bits per heavy atom. The van der Waals surface area contributed by atoms with Gasteiger partial charge in [0.2, 0.25) is 0 Å². The highest BCUT2D eigenvalue weighted by Gasteiger charge is 2.61. The van der Waals surface area contributed by atoms with Crippen LogP contribution in [-0.2, 0) is 51.1 Å². The highest BCUT2D eigenvalue weighted by atomic mass is 79.9. The average molecular weight is 822 g/mol. The van der Waals surface area contributed by atoms with Crippen LogP contribution >= 0.6 is 15.9 Å². The van der Waals surface area contributed by atoms with Crippen molar-refractivity contribution in [1.82, 2.24) is 0 Å². The number of rotatable bonds is 14. The molecule has 9 unspecified atom stereocenters. The SMILES string of the molecule is O=C(OC1C(OC2C3COC(c4ccccc4)OC32)OC(COCc2ccc(Br)cc2)C(OCc2ccccc2)C1OC(=O)c1ccccc1)c1ccccc1. The van der Waals surface area contributed by atoms with E-state index in [4.69, 9.17) is 37.9 Å². The number of esters is 2. The Kier molecular flexibility index (Phi) is 12.3. The van der Waals surface area contributed by atoms with Crippen LogP contribution in [0.15, 0.2) is 150 Å². The Morgan fingerprint density at radius 1 is 0.607 bits per heavy atom. The lowest BCUT2D eigenvalue weighted by Gasteiger charge is -2.45. The number of carbonyl (C=O) groups excluding carboxylic acids is 2. The van der Waals surface area contributed by atoms with Gasteiger partial charge in [0.25, 0.3) is 0 Å². The normalized spacial score (nSPS) is 26.8. The summed E-state index contributed by atoms with van der Waals surface area (Å²) in [6.45, 7) is 0.872. The van der Waals surface area contributed by atoms with Gasteiger partial charge in [-0.1, -0.05) is 125 Å². The summed E-state index contributed by atoms with van der Waals surface area (Å²) in [5, 5.41) is 0. The van der Waals surface area contributed by atoms with Crippen molar-refractivity contribution in [3.63, 3.8) is 0 Å². The van der Waals surface area contributed by atoms with Crippen molar-refractivity contribution in [3.8, 4) is 0 Å². The van der Waals surface area contributed by atoms with E-state index in [-0.39, 0.29) is 31.8 Å². The molecule has 1 aliphatic carbocycles. The molecule has 2 heterocycles. The van der Waals surface area contributed by atoms with E-state index in [2.05, 4.69) is 15.9 Å². The van der Waals surface area contributed by atoms with E-state index >= 15 is 0 Å². The highest BCUT2D eigenvalue weighted by molar-refractivity contribution is 9.10. The van der Waals surface area contributed by atoms with Gasteiger partial charge in [-0.25, -0.2) is 9.59 Å². The Labute approximate surface area is 333 Å². The van der Waals surface area contributed by atoms with Crippen molar-refractivity contribution < 1.29 is 47.5 Å². The van der Waals surface area contributed by atoms with E-state index < -0.39 is 55.0 Å². The van der Waals surface area contributed by atoms with Crippen LogP contribution in [0, 0.1) is 5.92 Å². The molecule has 8 rings (SSSR count). The standard InChI is InChI=1S/C45H41BrO10/c46-34-23-21-30(22-24-34)25-49-28-36-39(50-26-29-13-5-1-6-14-29)40(53-42(47)31-15-7-2-8-16-31)41(54-43(48)32-17-9-3-10-18-32)45(52-36)56-38-35-27-51-44(55-37(35)38)33-19-11-4-12-20-33/h1-24,35-41,44-45H,25-28H2. The number of benzene rings is 5. The van der Waals surface area contributed by atoms with Gasteiger partial charge in [0, 0.05) is 16.0 Å². The molecule has 10 nitrogen and oxygen atoms in total. The number of carbonyl (C=O) groups is 2. The maximum atomic E-state index is 13.9. The first-order valence-electron chi connectivity index (χ1n) is 18.6. The first kappa shape index (κ1) is 38.2. The smallest absolute Gasteiger partial charge is 0.338 e. The quantitative estimate of drug-likeness (QED) is 0.103. The van der Waals surface area contributed by atoms with Crippen LogP contribution in [0.3, 0.4) is 0 Å². The van der Waals surface area contributed by atoms with E-state index in [0.717, 1.165) is 21.2 Å². The predicted molar refractivity (Wildman–Crippen MR) is 207 cm³/mol. The Morgan fingerprint density at radius 3 is 1.82 bits per heavy atom. The zero-order valence-corrected chi connectivity index (χ0v) is 31.9. The van der Waals surface area contributed by atoms with Crippen LogP contribution in [-0.4, -0.2) is 68.1 Å². The molecule has 0 aromatic heterocycles. The van der Waals surface area contributed by atoms with E-state index in [1.807, 2.05) is 97.1 Å². The van der Waals surface area contributed by atoms with Crippen LogP contribution in [0.4, 0.5) is 0 Å². The van der Waals surface area contributed by atoms with Gasteiger partial charge < -0.3 is 37.9 Å². The second-order valence-corrected chi connectivity index (χ2v) is 14.8. The summed E-state index contributed by atoms with van der Waals surface area (Å²) in [5.74, 6) is -1.35. The van der Waals surface area contributed by atoms with Crippen LogP contribution in [0.2, 0.25) is 0 Å². The number of hydrogen-bond acceptors (Lipinski definition) is 10. The minimum Gasteiger partial charge on any atom is -0.452 e. The average Bonchev–Trinajstić information content (AvgIpc) is 3.94. The molecule has 0 amide bonds. The fraction of sp³-hybridized carbons (Fsp3) is 0.289. The molecule has 3 aliphatic rings. The summed E-state index contributed by atoms with van der Waals surface area (Å²) in [6, 6.07) is 44.4. The van der Waals surface area contributed by atoms with Gasteiger partial charge in [-0.05, 0) is 47.5 Å². The van der Waals surface area contributed by atoms with Crippen molar-refractivity contribution >= 4 is 27.9 Å². The number of halogens is 1. The zero-order chi connectivity index (χ0) is 38.3. The molecule has 0 radical (unpaired) electrons. The monoisotopic (exact) mass is 820 g/mol. The first-order chi connectivity index (χ1) is 27.5. The molecule has 0 spiro atoms. The van der Waals surface area contributed by atoms with Crippen LogP contribution in [0.5, 0.6) is 0 Å². The second kappa shape index (κ2) is 18.0. The third kappa shape index (κ3) is 9.28. The fourth-order valence-corrected chi connectivity index (χ4v) is 7.20. The van der Waals surface area contributed by atoms with Gasteiger partial charge >= 0.3 is 11.9 Å². The van der Waals surface area contributed by atoms with E-state index in [9.17, 15) is 9.59 Å². The molecular formula is C45H41BrO10. The molecule has 5 aromatic rings. The largest absolute Gasteiger partial charge is 0.452 e. The van der Waals surface area contributed by atoms with Crippen molar-refractivity contribution in [2.24, 2.45) is 5.92 Å². The molecule has 3 fully saturated rings. The lowest BCUT2D eigenvalue weighted by Crippen LogP contribution is -2.62. The van der Waals surface area contributed by atoms with Crippen LogP contribution in [0.25, 0.3) is 0 Å². The molecular weight excluding hydrogens is 780 g/mol. The van der Waals surface area contributed by atoms with Gasteiger partial charge in [0.05, 0.1) is 49.8 Å². The fourth-order valence-electron chi connectivity index (χ4n) is 6.93. The van der Waals surface area contributed by atoms with E-state index in [1.54, 1.807) is 48.5 Å². The molecule has 5 aromatic carbocycles. The molecule has 56 heavy (non-hydrogen) atoms. The summed E-state index contributed by atoms with van der Waals surface area (Å²) >= 11 is 3.48. The van der Waals surface area contributed by atoms with Crippen molar-refractivity contribution in [2.75, 3.05) is 13.2 Å². The first-order valence-corrected chi connectivity index (χ1v) is 19.4. The van der Waals surface area contributed by atoms with Gasteiger partial charge in [0.1, 0.15) is 12.2 Å². The Hall–Kier alpha value is -4.72. The topological polar surface area (TPSA) is 108 Å². The number of fused-ring (bicyclic) bond motifs is 1. The minimum atomic E-state index is -1.26. The third-order valence-corrected chi connectivity index (χ3v) is 10.5. The highest BCUT2D eigenvalue weighted by Crippen LogP contribution is 2.47. The van der Waals surface area contributed by atoms with E-state index in [0.29, 0.717) is 17.7 Å². The number of hydrogen-bond donors (Lipinski definition) is 0. The molecule has 2 saturated heterocycles. The molecule has 2 aliphatic heterocycles. The van der Waals surface area contributed by atoms with Gasteiger partial charge in [-0.3, -0.25) is 0 Å². The van der Waals surface area contributed by atoms with Gasteiger partial charge in [-0.2, -0.15) is 0 Å². The lowest BCUT2D eigenvalue weighted by molar-refractivity contribution is -0.314. The van der Waals surface area contributed by atoms with Crippen molar-refractivity contribution in [1.29, 1.82) is 0 Å². The molecule has 11 heteroatoms. The maximum absolute atomic E-state index is 13.9. The van der Waals surface area contributed by atoms with Crippen molar-refractivity contribution in [2.45, 2.75) is 62.4 Å². The van der Waals surface area contributed by atoms with Gasteiger partial charge in [-0.15, -0.1) is 0 Å². The summed E-state index contributed by atoms with van der Waals surface area (Å²) in [6.07, 6.45) is -6.74. The Balaban J connectivity index is 1.11. The molecule has 9 atom stereocenters. The predicted octanol–water partition coefficient (Wildman–Crippen LogP) is 7.86. The summed E-state index contributed by atoms with van der Waals surface area (Å²) in [4.78, 5) is 27.8. The number of ether oxygens (including phenoxy) is 8. The van der Waals surface area contributed by atoms with Crippen LogP contribution < -0.4 is 0 Å². The zero-order valence-electron chi connectivity index (χ0n) is 30.3. The lowest BCUT2D eigenvalue weighted by atomic mass is 9.97. The van der Waals surface area contributed by atoms with Gasteiger partial charge in [0.15, 0.2) is 24.8 Å². The molecule has 0 bridgehead atoms. The third-order valence-electron chi connectivity index (χ3n) is 9.96. The van der Waals surface area contributed by atoms with Crippen molar-refractivity contribution in [3.05, 3.63) is 178 Å². The summed E-state index contributed by atoms with van der Waals surface area (Å²) in [5.41, 5.74) is 3.37. The maximum Gasteiger partial charge on any atom is 0.338 e. The minimum absolute atomic E-state index is 0.0430. The Bertz CT molecular complexity index is 2020. The molecule has 288 valence electrons. The summed E-state index contributed by atoms with van der Waals surface area (Å²) < 4.78 is 52.3. The van der Waals surface area contributed by atoms with E-state index in [1.165, 1.54) is 0 Å². The second-order valence-electron chi connectivity index (χ2n) is 13.9. The molecule has 0 N–H and O–H groups in total. The summed E-state index contributed by atoms with van der Waals surface area (Å²) in [7, 11) is 0. The van der Waals surface area contributed by atoms with Crippen LogP contribution in [0.1, 0.15) is 43.7 Å².